The van der Waals surface area contributed by atoms with Crippen LogP contribution in [0.15, 0.2) is 24.3 Å². The zero-order valence-electron chi connectivity index (χ0n) is 15.6. The minimum absolute atomic E-state index is 0.0185. The van der Waals surface area contributed by atoms with Gasteiger partial charge in [0.1, 0.15) is 11.6 Å². The van der Waals surface area contributed by atoms with Crippen molar-refractivity contribution in [2.75, 3.05) is 20.2 Å². The predicted octanol–water partition coefficient (Wildman–Crippen LogP) is 2.92. The van der Waals surface area contributed by atoms with Gasteiger partial charge in [-0.05, 0) is 50.6 Å². The van der Waals surface area contributed by atoms with E-state index < -0.39 is 0 Å². The summed E-state index contributed by atoms with van der Waals surface area (Å²) in [6.45, 7) is 3.03. The number of methoxy groups -OCH3 is 1. The number of rotatable bonds is 4. The van der Waals surface area contributed by atoms with Crippen LogP contribution < -0.4 is 0 Å². The van der Waals surface area contributed by atoms with E-state index in [0.29, 0.717) is 41.6 Å². The number of hydrogen-bond donors (Lipinski definition) is 1. The molecule has 0 bridgehead atoms. The van der Waals surface area contributed by atoms with Crippen molar-refractivity contribution in [3.63, 3.8) is 0 Å². The van der Waals surface area contributed by atoms with Crippen molar-refractivity contribution in [2.24, 2.45) is 5.92 Å². The number of likely N-dealkylation sites (tertiary alicyclic amines) is 1. The quantitative estimate of drug-likeness (QED) is 0.674. The number of carbonyl (C=O) groups is 1. The van der Waals surface area contributed by atoms with Crippen molar-refractivity contribution in [2.45, 2.75) is 25.8 Å². The van der Waals surface area contributed by atoms with E-state index in [1.54, 1.807) is 13.0 Å². The number of hydrogen-bond acceptors (Lipinski definition) is 7. The van der Waals surface area contributed by atoms with Crippen molar-refractivity contribution < 1.29 is 19.0 Å². The van der Waals surface area contributed by atoms with Crippen LogP contribution >= 0.6 is 11.3 Å². The van der Waals surface area contributed by atoms with Gasteiger partial charge >= 0.3 is 5.97 Å². The van der Waals surface area contributed by atoms with E-state index in [0.717, 1.165) is 5.56 Å². The normalized spacial score (nSPS) is 17.1. The Morgan fingerprint density at radius 2 is 2.14 bits per heavy atom. The zero-order valence-corrected chi connectivity index (χ0v) is 16.4. The van der Waals surface area contributed by atoms with E-state index >= 15 is 0 Å². The van der Waals surface area contributed by atoms with Gasteiger partial charge in [0.05, 0.1) is 23.9 Å². The number of aromatic nitrogens is 3. The molecule has 0 amide bonds. The minimum Gasteiger partial charge on any atom is -0.492 e. The molecule has 1 N–H and O–H groups in total. The van der Waals surface area contributed by atoms with Crippen molar-refractivity contribution >= 4 is 22.3 Å². The molecule has 0 saturated carbocycles. The third-order valence-corrected chi connectivity index (χ3v) is 6.22. The molecule has 0 unspecified atom stereocenters. The molecule has 1 aliphatic rings. The van der Waals surface area contributed by atoms with Gasteiger partial charge in [-0.1, -0.05) is 23.5 Å². The first kappa shape index (κ1) is 18.8. The summed E-state index contributed by atoms with van der Waals surface area (Å²) in [7, 11) is 1.40. The fourth-order valence-electron chi connectivity index (χ4n) is 3.79. The second kappa shape index (κ2) is 7.48. The summed E-state index contributed by atoms with van der Waals surface area (Å²) >= 11 is 1.34. The standard InChI is InChI=1S/C19H21FN4O3S/c1-11-21-19-24(22-11)17(25)16(28-19)15(13-4-3-5-14(20)10-13)23-8-6-12(7-9-23)18(26)27-2/h3-5,10,12,15,25H,6-9H2,1-2H3/t15-/m1/s1. The van der Waals surface area contributed by atoms with Gasteiger partial charge in [-0.3, -0.25) is 9.69 Å². The first-order valence-electron chi connectivity index (χ1n) is 9.10. The number of benzene rings is 1. The van der Waals surface area contributed by atoms with E-state index in [-0.39, 0.29) is 29.6 Å². The molecule has 0 spiro atoms. The highest BCUT2D eigenvalue weighted by molar-refractivity contribution is 7.17. The molecule has 1 atom stereocenters. The number of piperidine rings is 1. The van der Waals surface area contributed by atoms with Gasteiger partial charge in [0.15, 0.2) is 0 Å². The van der Waals surface area contributed by atoms with E-state index in [1.165, 1.54) is 35.1 Å². The Labute approximate surface area is 165 Å². The highest BCUT2D eigenvalue weighted by Gasteiger charge is 2.34. The van der Waals surface area contributed by atoms with Gasteiger partial charge in [0.25, 0.3) is 0 Å². The van der Waals surface area contributed by atoms with Crippen LogP contribution in [0, 0.1) is 18.7 Å². The summed E-state index contributed by atoms with van der Waals surface area (Å²) in [5, 5.41) is 15.0. The molecular formula is C19H21FN4O3S. The molecule has 1 fully saturated rings. The molecule has 148 valence electrons. The second-order valence-electron chi connectivity index (χ2n) is 6.93. The molecular weight excluding hydrogens is 383 g/mol. The fourth-order valence-corrected chi connectivity index (χ4v) is 4.95. The molecule has 1 aromatic carbocycles. The van der Waals surface area contributed by atoms with Crippen molar-refractivity contribution in [3.8, 4) is 5.88 Å². The molecule has 3 aromatic rings. The van der Waals surface area contributed by atoms with Crippen LogP contribution in [0.3, 0.4) is 0 Å². The Hall–Kier alpha value is -2.52. The summed E-state index contributed by atoms with van der Waals surface area (Å²) in [6.07, 6.45) is 1.30. The van der Waals surface area contributed by atoms with Crippen LogP contribution in [-0.2, 0) is 9.53 Å². The molecule has 9 heteroatoms. The largest absolute Gasteiger partial charge is 0.492 e. The number of ether oxygens (including phenoxy) is 1. The maximum atomic E-state index is 14.0. The zero-order chi connectivity index (χ0) is 19.8. The summed E-state index contributed by atoms with van der Waals surface area (Å²) in [5.41, 5.74) is 0.744. The van der Waals surface area contributed by atoms with Gasteiger partial charge in [0.2, 0.25) is 10.8 Å². The predicted molar refractivity (Wildman–Crippen MR) is 102 cm³/mol. The average Bonchev–Trinajstić information content (AvgIpc) is 3.19. The molecule has 0 radical (unpaired) electrons. The van der Waals surface area contributed by atoms with Gasteiger partial charge in [-0.2, -0.15) is 4.52 Å². The van der Waals surface area contributed by atoms with E-state index in [1.807, 2.05) is 6.07 Å². The first-order valence-corrected chi connectivity index (χ1v) is 9.92. The monoisotopic (exact) mass is 404 g/mol. The van der Waals surface area contributed by atoms with Crippen molar-refractivity contribution in [3.05, 3.63) is 46.3 Å². The van der Waals surface area contributed by atoms with Crippen molar-refractivity contribution in [1.29, 1.82) is 0 Å². The van der Waals surface area contributed by atoms with Gasteiger partial charge in [-0.25, -0.2) is 9.37 Å². The number of fused-ring (bicyclic) bond motifs is 1. The number of aromatic hydroxyl groups is 1. The SMILES string of the molecule is COC(=O)C1CCN([C@H](c2cccc(F)c2)c2sc3nc(C)nn3c2O)CC1. The molecule has 4 rings (SSSR count). The minimum atomic E-state index is -0.344. The van der Waals surface area contributed by atoms with E-state index in [2.05, 4.69) is 15.0 Å². The molecule has 0 aliphatic carbocycles. The number of carbonyl (C=O) groups excluding carboxylic acids is 1. The topological polar surface area (TPSA) is 80.0 Å². The molecule has 1 aliphatic heterocycles. The number of halogens is 1. The van der Waals surface area contributed by atoms with Gasteiger partial charge in [0, 0.05) is 0 Å². The lowest BCUT2D eigenvalue weighted by molar-refractivity contribution is -0.147. The highest BCUT2D eigenvalue weighted by atomic mass is 32.1. The summed E-state index contributed by atoms with van der Waals surface area (Å²) in [5.74, 6) is -0.0620. The van der Waals surface area contributed by atoms with Gasteiger partial charge < -0.3 is 9.84 Å². The Balaban J connectivity index is 1.71. The van der Waals surface area contributed by atoms with E-state index in [9.17, 15) is 14.3 Å². The van der Waals surface area contributed by atoms with Crippen LogP contribution in [0.1, 0.15) is 35.1 Å². The maximum absolute atomic E-state index is 14.0. The van der Waals surface area contributed by atoms with Crippen molar-refractivity contribution in [1.82, 2.24) is 19.5 Å². The first-order chi connectivity index (χ1) is 13.5. The number of esters is 1. The van der Waals surface area contributed by atoms with Crippen LogP contribution in [0.2, 0.25) is 0 Å². The van der Waals surface area contributed by atoms with Crippen LogP contribution in [-0.4, -0.2) is 50.8 Å². The van der Waals surface area contributed by atoms with Crippen LogP contribution in [0.4, 0.5) is 4.39 Å². The number of aryl methyl sites for hydroxylation is 1. The molecule has 28 heavy (non-hydrogen) atoms. The summed E-state index contributed by atoms with van der Waals surface area (Å²) < 4.78 is 20.2. The number of nitrogens with zero attached hydrogens (tertiary/aromatic N) is 4. The Kier molecular flexibility index (Phi) is 5.03. The lowest BCUT2D eigenvalue weighted by Gasteiger charge is -2.36. The number of thiazole rings is 1. The Morgan fingerprint density at radius 3 is 2.79 bits per heavy atom. The lowest BCUT2D eigenvalue weighted by atomic mass is 9.93. The smallest absolute Gasteiger partial charge is 0.308 e. The Bertz CT molecular complexity index is 1010. The van der Waals surface area contributed by atoms with E-state index in [4.69, 9.17) is 4.74 Å². The molecule has 1 saturated heterocycles. The summed E-state index contributed by atoms with van der Waals surface area (Å²) in [4.78, 5) is 19.6. The fraction of sp³-hybridized carbons (Fsp3) is 0.421. The van der Waals surface area contributed by atoms with Crippen LogP contribution in [0.25, 0.3) is 4.96 Å². The average molecular weight is 404 g/mol. The van der Waals surface area contributed by atoms with Crippen LogP contribution in [0.5, 0.6) is 5.88 Å². The lowest BCUT2D eigenvalue weighted by Crippen LogP contribution is -2.39. The Morgan fingerprint density at radius 1 is 1.39 bits per heavy atom. The second-order valence-corrected chi connectivity index (χ2v) is 7.94. The third kappa shape index (κ3) is 3.35. The van der Waals surface area contributed by atoms with Gasteiger partial charge in [-0.15, -0.1) is 5.10 Å². The molecule has 2 aromatic heterocycles. The summed E-state index contributed by atoms with van der Waals surface area (Å²) in [6, 6.07) is 6.05. The molecule has 3 heterocycles. The highest BCUT2D eigenvalue weighted by Crippen LogP contribution is 2.41. The maximum Gasteiger partial charge on any atom is 0.308 e. The molecule has 7 nitrogen and oxygen atoms in total. The third-order valence-electron chi connectivity index (χ3n) is 5.15.